The molecule has 22 heavy (non-hydrogen) atoms. The molecule has 0 amide bonds. The van der Waals surface area contributed by atoms with E-state index in [-0.39, 0.29) is 18.7 Å². The van der Waals surface area contributed by atoms with Crippen molar-refractivity contribution in [1.29, 1.82) is 0 Å². The highest BCUT2D eigenvalue weighted by Crippen LogP contribution is 2.26. The van der Waals surface area contributed by atoms with E-state index < -0.39 is 5.97 Å². The van der Waals surface area contributed by atoms with Crippen molar-refractivity contribution in [1.82, 2.24) is 0 Å². The molecule has 0 heterocycles. The summed E-state index contributed by atoms with van der Waals surface area (Å²) in [5, 5.41) is 0. The fourth-order valence-electron chi connectivity index (χ4n) is 2.33. The van der Waals surface area contributed by atoms with Crippen LogP contribution in [0.5, 0.6) is 0 Å². The molecule has 0 spiro atoms. The second-order valence-electron chi connectivity index (χ2n) is 5.68. The second kappa shape index (κ2) is 6.60. The number of fused-ring (bicyclic) bond motifs is 1. The van der Waals surface area contributed by atoms with E-state index in [9.17, 15) is 9.59 Å². The number of benzene rings is 1. The van der Waals surface area contributed by atoms with Gasteiger partial charge in [-0.05, 0) is 30.5 Å². The van der Waals surface area contributed by atoms with Crippen LogP contribution >= 0.6 is 0 Å². The van der Waals surface area contributed by atoms with Crippen molar-refractivity contribution >= 4 is 11.9 Å². The summed E-state index contributed by atoms with van der Waals surface area (Å²) in [6, 6.07) is 5.91. The number of carbonyl (C=O) groups excluding carboxylic acids is 2. The molecule has 0 bridgehead atoms. The average Bonchev–Trinajstić information content (AvgIpc) is 2.85. The van der Waals surface area contributed by atoms with E-state index >= 15 is 0 Å². The zero-order valence-electron chi connectivity index (χ0n) is 13.0. The Balaban J connectivity index is 1.97. The van der Waals surface area contributed by atoms with Gasteiger partial charge < -0.3 is 9.47 Å². The first-order valence-electron chi connectivity index (χ1n) is 7.16. The van der Waals surface area contributed by atoms with E-state index in [0.717, 1.165) is 16.7 Å². The highest BCUT2D eigenvalue weighted by atomic mass is 16.5. The Morgan fingerprint density at radius 2 is 1.73 bits per heavy atom. The molecule has 4 nitrogen and oxygen atoms in total. The van der Waals surface area contributed by atoms with Gasteiger partial charge in [0, 0.05) is 24.0 Å². The Labute approximate surface area is 130 Å². The van der Waals surface area contributed by atoms with E-state index in [1.165, 1.54) is 0 Å². The lowest BCUT2D eigenvalue weighted by Crippen LogP contribution is -2.18. The smallest absolute Gasteiger partial charge is 0.333 e. The van der Waals surface area contributed by atoms with Gasteiger partial charge in [-0.25, -0.2) is 9.59 Å². The molecular weight excluding hydrogens is 280 g/mol. The Morgan fingerprint density at radius 1 is 1.09 bits per heavy atom. The highest BCUT2D eigenvalue weighted by molar-refractivity contribution is 5.87. The predicted molar refractivity (Wildman–Crippen MR) is 83.2 cm³/mol. The lowest BCUT2D eigenvalue weighted by Gasteiger charge is -2.10. The van der Waals surface area contributed by atoms with Crippen LogP contribution in [0.25, 0.3) is 0 Å². The maximum Gasteiger partial charge on any atom is 0.333 e. The van der Waals surface area contributed by atoms with Gasteiger partial charge in [-0.15, -0.1) is 0 Å². The number of ether oxygens (including phenoxy) is 2. The van der Waals surface area contributed by atoms with Crippen molar-refractivity contribution in [3.8, 4) is 0 Å². The topological polar surface area (TPSA) is 52.6 Å². The fourth-order valence-corrected chi connectivity index (χ4v) is 2.33. The highest BCUT2D eigenvalue weighted by Gasteiger charge is 2.25. The zero-order chi connectivity index (χ0) is 16.3. The molecule has 1 aliphatic carbocycles. The third kappa shape index (κ3) is 3.85. The quantitative estimate of drug-likeness (QED) is 0.620. The normalized spacial score (nSPS) is 15.8. The number of esters is 2. The van der Waals surface area contributed by atoms with Gasteiger partial charge in [-0.2, -0.15) is 0 Å². The molecule has 0 aromatic heterocycles. The van der Waals surface area contributed by atoms with Crippen molar-refractivity contribution in [3.05, 3.63) is 59.2 Å². The molecular formula is C18H20O4. The summed E-state index contributed by atoms with van der Waals surface area (Å²) in [6.07, 6.45) is 1.24. The monoisotopic (exact) mass is 300 g/mol. The zero-order valence-corrected chi connectivity index (χ0v) is 13.0. The number of carbonyl (C=O) groups is 2. The van der Waals surface area contributed by atoms with Crippen LogP contribution in [-0.4, -0.2) is 18.0 Å². The van der Waals surface area contributed by atoms with Gasteiger partial charge in [0.25, 0.3) is 0 Å². The SMILES string of the molecule is C=C(C)C(=O)OCc1ccc2c(c1)CC(OC(=O)C(=C)C)C2. The Hall–Kier alpha value is -2.36. The molecule has 0 fully saturated rings. The average molecular weight is 300 g/mol. The van der Waals surface area contributed by atoms with Crippen molar-refractivity contribution in [2.75, 3.05) is 0 Å². The summed E-state index contributed by atoms with van der Waals surface area (Å²) in [4.78, 5) is 23.0. The Kier molecular flexibility index (Phi) is 4.81. The summed E-state index contributed by atoms with van der Waals surface area (Å²) >= 11 is 0. The third-order valence-electron chi connectivity index (χ3n) is 3.51. The third-order valence-corrected chi connectivity index (χ3v) is 3.51. The predicted octanol–water partition coefficient (Wildman–Crippen LogP) is 2.89. The van der Waals surface area contributed by atoms with Gasteiger partial charge in [0.15, 0.2) is 0 Å². The standard InChI is InChI=1S/C18H20O4/c1-11(2)17(19)21-10-13-5-6-14-8-16(9-15(14)7-13)22-18(20)12(3)4/h5-7,16H,1,3,8-10H2,2,4H3. The van der Waals surface area contributed by atoms with Gasteiger partial charge in [0.05, 0.1) is 0 Å². The first-order chi connectivity index (χ1) is 10.4. The summed E-state index contributed by atoms with van der Waals surface area (Å²) in [7, 11) is 0. The largest absolute Gasteiger partial charge is 0.458 e. The molecule has 0 radical (unpaired) electrons. The Morgan fingerprint density at radius 3 is 2.36 bits per heavy atom. The van der Waals surface area contributed by atoms with Crippen LogP contribution in [0.3, 0.4) is 0 Å². The molecule has 0 saturated heterocycles. The number of rotatable bonds is 5. The van der Waals surface area contributed by atoms with Crippen molar-refractivity contribution < 1.29 is 19.1 Å². The molecule has 1 aromatic rings. The minimum absolute atomic E-state index is 0.146. The van der Waals surface area contributed by atoms with E-state index in [4.69, 9.17) is 9.47 Å². The maximum atomic E-state index is 11.6. The van der Waals surface area contributed by atoms with Gasteiger partial charge in [0.2, 0.25) is 0 Å². The first-order valence-corrected chi connectivity index (χ1v) is 7.16. The van der Waals surface area contributed by atoms with Gasteiger partial charge in [-0.3, -0.25) is 0 Å². The summed E-state index contributed by atoms with van der Waals surface area (Å²) in [6.45, 7) is 10.6. The fraction of sp³-hybridized carbons (Fsp3) is 0.333. The van der Waals surface area contributed by atoms with Crippen molar-refractivity contribution in [2.45, 2.75) is 39.4 Å². The summed E-state index contributed by atoms with van der Waals surface area (Å²) in [5.41, 5.74) is 3.99. The minimum Gasteiger partial charge on any atom is -0.458 e. The van der Waals surface area contributed by atoms with Gasteiger partial charge in [-0.1, -0.05) is 31.4 Å². The molecule has 1 atom stereocenters. The van der Waals surface area contributed by atoms with Crippen LogP contribution in [0.2, 0.25) is 0 Å². The molecule has 116 valence electrons. The molecule has 0 aliphatic heterocycles. The van der Waals surface area contributed by atoms with E-state index in [2.05, 4.69) is 13.2 Å². The molecule has 4 heteroatoms. The van der Waals surface area contributed by atoms with Crippen molar-refractivity contribution in [3.63, 3.8) is 0 Å². The van der Waals surface area contributed by atoms with E-state index in [1.807, 2.05) is 18.2 Å². The number of hydrogen-bond donors (Lipinski definition) is 0. The Bertz CT molecular complexity index is 642. The van der Waals surface area contributed by atoms with Crippen LogP contribution in [0, 0.1) is 0 Å². The van der Waals surface area contributed by atoms with Crippen LogP contribution in [0.4, 0.5) is 0 Å². The van der Waals surface area contributed by atoms with Crippen LogP contribution in [0.1, 0.15) is 30.5 Å². The molecule has 1 aromatic carbocycles. The molecule has 0 saturated carbocycles. The summed E-state index contributed by atoms with van der Waals surface area (Å²) < 4.78 is 10.5. The van der Waals surface area contributed by atoms with Crippen LogP contribution < -0.4 is 0 Å². The maximum absolute atomic E-state index is 11.6. The van der Waals surface area contributed by atoms with Crippen LogP contribution in [0.15, 0.2) is 42.5 Å². The van der Waals surface area contributed by atoms with Gasteiger partial charge >= 0.3 is 11.9 Å². The lowest BCUT2D eigenvalue weighted by molar-refractivity contribution is -0.143. The molecule has 1 aliphatic rings. The van der Waals surface area contributed by atoms with Gasteiger partial charge in [0.1, 0.15) is 12.7 Å². The lowest BCUT2D eigenvalue weighted by atomic mass is 10.1. The molecule has 0 N–H and O–H groups in total. The number of hydrogen-bond acceptors (Lipinski definition) is 4. The molecule has 1 unspecified atom stereocenters. The second-order valence-corrected chi connectivity index (χ2v) is 5.68. The minimum atomic E-state index is -0.395. The van der Waals surface area contributed by atoms with Crippen molar-refractivity contribution in [2.24, 2.45) is 0 Å². The van der Waals surface area contributed by atoms with E-state index in [0.29, 0.717) is 24.0 Å². The first kappa shape index (κ1) is 16.0. The van der Waals surface area contributed by atoms with Crippen LogP contribution in [-0.2, 0) is 38.5 Å². The van der Waals surface area contributed by atoms with E-state index in [1.54, 1.807) is 13.8 Å². The summed E-state index contributed by atoms with van der Waals surface area (Å²) in [5.74, 6) is -0.748. The molecule has 2 rings (SSSR count).